The first-order chi connectivity index (χ1) is 29.7. The molecule has 0 saturated carbocycles. The Bertz CT molecular complexity index is 3590. The van der Waals surface area contributed by atoms with Gasteiger partial charge in [-0.2, -0.15) is 9.97 Å². The molecule has 0 radical (unpaired) electrons. The molecule has 12 aromatic rings. The van der Waals surface area contributed by atoms with E-state index in [2.05, 4.69) is 174 Å². The van der Waals surface area contributed by atoms with Crippen LogP contribution >= 0.6 is 0 Å². The highest BCUT2D eigenvalue weighted by Gasteiger charge is 2.19. The molecule has 0 amide bonds. The predicted molar refractivity (Wildman–Crippen MR) is 246 cm³/mol. The van der Waals surface area contributed by atoms with Crippen molar-refractivity contribution in [3.8, 4) is 62.1 Å². The van der Waals surface area contributed by atoms with Gasteiger partial charge in [-0.1, -0.05) is 164 Å². The number of aromatic nitrogens is 4. The van der Waals surface area contributed by atoms with Crippen LogP contribution in [0.1, 0.15) is 0 Å². The Hall–Kier alpha value is -8.15. The van der Waals surface area contributed by atoms with Gasteiger partial charge >= 0.3 is 0 Å². The number of rotatable bonds is 6. The van der Waals surface area contributed by atoms with Gasteiger partial charge in [0, 0.05) is 32.7 Å². The van der Waals surface area contributed by atoms with Crippen molar-refractivity contribution in [2.75, 3.05) is 0 Å². The Labute approximate surface area is 345 Å². The van der Waals surface area contributed by atoms with Crippen molar-refractivity contribution in [2.24, 2.45) is 0 Å². The highest BCUT2D eigenvalue weighted by molar-refractivity contribution is 6.11. The SMILES string of the molecule is c1ccc(-c2ccc(-c3nc(-c4ccccc4)nc(-n4c5ccccc5c5ccc(-c6ccc7c(c6)oc6cc(-c8ccc9ccccc9c8)ccc67)cc54)n3)cc2)cc1. The van der Waals surface area contributed by atoms with E-state index in [-0.39, 0.29) is 0 Å². The van der Waals surface area contributed by atoms with Crippen molar-refractivity contribution in [3.05, 3.63) is 206 Å². The minimum atomic E-state index is 0.560. The molecule has 0 aliphatic rings. The number of nitrogens with zero attached hydrogens (tertiary/aromatic N) is 4. The van der Waals surface area contributed by atoms with Crippen LogP contribution in [-0.4, -0.2) is 19.5 Å². The molecule has 0 atom stereocenters. The lowest BCUT2D eigenvalue weighted by Crippen LogP contribution is -2.06. The molecule has 0 fully saturated rings. The third-order valence-electron chi connectivity index (χ3n) is 11.7. The van der Waals surface area contributed by atoms with Crippen molar-refractivity contribution in [2.45, 2.75) is 0 Å². The van der Waals surface area contributed by atoms with Crippen LogP contribution < -0.4 is 0 Å². The van der Waals surface area contributed by atoms with Crippen molar-refractivity contribution >= 4 is 54.5 Å². The van der Waals surface area contributed by atoms with Gasteiger partial charge < -0.3 is 4.42 Å². The number of hydrogen-bond acceptors (Lipinski definition) is 4. The van der Waals surface area contributed by atoms with Gasteiger partial charge in [0.2, 0.25) is 5.95 Å². The van der Waals surface area contributed by atoms with Crippen LogP contribution in [-0.2, 0) is 0 Å². The van der Waals surface area contributed by atoms with Gasteiger partial charge in [0.1, 0.15) is 11.2 Å². The first kappa shape index (κ1) is 33.9. The fourth-order valence-electron chi connectivity index (χ4n) is 8.62. The van der Waals surface area contributed by atoms with Gasteiger partial charge in [0.25, 0.3) is 0 Å². The van der Waals surface area contributed by atoms with E-state index in [1.54, 1.807) is 0 Å². The molecule has 12 rings (SSSR count). The Morgan fingerprint density at radius 1 is 0.300 bits per heavy atom. The van der Waals surface area contributed by atoms with Crippen molar-refractivity contribution in [3.63, 3.8) is 0 Å². The maximum absolute atomic E-state index is 6.60. The second kappa shape index (κ2) is 13.8. The zero-order chi connectivity index (χ0) is 39.6. The first-order valence-electron chi connectivity index (χ1n) is 20.2. The van der Waals surface area contributed by atoms with Gasteiger partial charge in [-0.15, -0.1) is 0 Å². The van der Waals surface area contributed by atoms with Crippen LogP contribution in [0.4, 0.5) is 0 Å². The second-order valence-electron chi connectivity index (χ2n) is 15.3. The number of hydrogen-bond donors (Lipinski definition) is 0. The number of benzene rings is 9. The van der Waals surface area contributed by atoms with Crippen molar-refractivity contribution in [1.82, 2.24) is 19.5 Å². The highest BCUT2D eigenvalue weighted by atomic mass is 16.3. The summed E-state index contributed by atoms with van der Waals surface area (Å²) in [7, 11) is 0. The summed E-state index contributed by atoms with van der Waals surface area (Å²) < 4.78 is 8.78. The molecule has 0 aliphatic carbocycles. The van der Waals surface area contributed by atoms with Crippen LogP contribution in [0.25, 0.3) is 117 Å². The molecular weight excluding hydrogens is 733 g/mol. The van der Waals surface area contributed by atoms with Gasteiger partial charge in [0.15, 0.2) is 11.6 Å². The summed E-state index contributed by atoms with van der Waals surface area (Å²) in [6.07, 6.45) is 0. The summed E-state index contributed by atoms with van der Waals surface area (Å²) >= 11 is 0. The fraction of sp³-hybridized carbons (Fsp3) is 0. The van der Waals surface area contributed by atoms with E-state index in [9.17, 15) is 0 Å². The lowest BCUT2D eigenvalue weighted by atomic mass is 9.99. The molecule has 280 valence electrons. The summed E-state index contributed by atoms with van der Waals surface area (Å²) in [4.78, 5) is 15.4. The normalized spacial score (nSPS) is 11.7. The van der Waals surface area contributed by atoms with E-state index in [1.807, 2.05) is 36.4 Å². The summed E-state index contributed by atoms with van der Waals surface area (Å²) in [5.74, 6) is 1.79. The van der Waals surface area contributed by atoms with E-state index >= 15 is 0 Å². The van der Waals surface area contributed by atoms with E-state index in [0.717, 1.165) is 82.7 Å². The second-order valence-corrected chi connectivity index (χ2v) is 15.3. The maximum atomic E-state index is 6.60. The molecule has 0 N–H and O–H groups in total. The lowest BCUT2D eigenvalue weighted by molar-refractivity contribution is 0.669. The van der Waals surface area contributed by atoms with Gasteiger partial charge in [-0.25, -0.2) is 4.98 Å². The van der Waals surface area contributed by atoms with Crippen molar-refractivity contribution < 1.29 is 4.42 Å². The molecule has 60 heavy (non-hydrogen) atoms. The standard InChI is InChI=1S/C55H34N4O/c1-3-11-35(12-4-1)37-19-22-39(23-20-37)54-56-53(38-14-5-2-6-15-38)57-55(58-54)59-49-18-10-9-17-45(49)46-28-25-42(32-50(46)59)44-27-30-48-47-29-26-43(33-51(47)60-52(48)34-44)41-24-21-36-13-7-8-16-40(36)31-41/h1-34H. The summed E-state index contributed by atoms with van der Waals surface area (Å²) in [6.45, 7) is 0. The van der Waals surface area contributed by atoms with E-state index in [1.165, 1.54) is 16.3 Å². The number of para-hydroxylation sites is 1. The Kier molecular flexibility index (Phi) is 7.78. The fourth-order valence-corrected chi connectivity index (χ4v) is 8.62. The Morgan fingerprint density at radius 2 is 0.767 bits per heavy atom. The molecule has 0 bridgehead atoms. The quantitative estimate of drug-likeness (QED) is 0.169. The Balaban J connectivity index is 0.984. The van der Waals surface area contributed by atoms with Crippen LogP contribution in [0, 0.1) is 0 Å². The topological polar surface area (TPSA) is 56.7 Å². The third kappa shape index (κ3) is 5.75. The third-order valence-corrected chi connectivity index (χ3v) is 11.7. The van der Waals surface area contributed by atoms with E-state index < -0.39 is 0 Å². The molecule has 3 heterocycles. The van der Waals surface area contributed by atoms with Gasteiger partial charge in [-0.05, 0) is 86.6 Å². The van der Waals surface area contributed by atoms with Crippen molar-refractivity contribution in [1.29, 1.82) is 0 Å². The number of fused-ring (bicyclic) bond motifs is 7. The average molecular weight is 767 g/mol. The summed E-state index contributed by atoms with van der Waals surface area (Å²) in [5, 5.41) is 6.90. The molecule has 3 aromatic heterocycles. The largest absolute Gasteiger partial charge is 0.456 e. The molecule has 5 nitrogen and oxygen atoms in total. The van der Waals surface area contributed by atoms with Gasteiger partial charge in [-0.3, -0.25) is 4.57 Å². The number of furan rings is 1. The van der Waals surface area contributed by atoms with Gasteiger partial charge in [0.05, 0.1) is 11.0 Å². The molecule has 0 aliphatic heterocycles. The minimum absolute atomic E-state index is 0.560. The molecule has 9 aromatic carbocycles. The monoisotopic (exact) mass is 766 g/mol. The summed E-state index contributed by atoms with van der Waals surface area (Å²) in [6, 6.07) is 72.3. The predicted octanol–water partition coefficient (Wildman–Crippen LogP) is 14.4. The van der Waals surface area contributed by atoms with Crippen LogP contribution in [0.3, 0.4) is 0 Å². The zero-order valence-electron chi connectivity index (χ0n) is 32.3. The summed E-state index contributed by atoms with van der Waals surface area (Å²) in [5.41, 5.74) is 12.3. The molecular formula is C55H34N4O. The minimum Gasteiger partial charge on any atom is -0.456 e. The lowest BCUT2D eigenvalue weighted by Gasteiger charge is -2.12. The smallest absolute Gasteiger partial charge is 0.238 e. The molecule has 0 saturated heterocycles. The maximum Gasteiger partial charge on any atom is 0.238 e. The Morgan fingerprint density at radius 3 is 1.47 bits per heavy atom. The molecule has 0 spiro atoms. The highest BCUT2D eigenvalue weighted by Crippen LogP contribution is 2.38. The zero-order valence-corrected chi connectivity index (χ0v) is 32.3. The van der Waals surface area contributed by atoms with Crippen LogP contribution in [0.2, 0.25) is 0 Å². The molecule has 5 heteroatoms. The first-order valence-corrected chi connectivity index (χ1v) is 20.2. The van der Waals surface area contributed by atoms with E-state index in [4.69, 9.17) is 19.4 Å². The molecule has 0 unspecified atom stereocenters. The average Bonchev–Trinajstić information content (AvgIpc) is 3.86. The van der Waals surface area contributed by atoms with Crippen LogP contribution in [0.15, 0.2) is 211 Å². The van der Waals surface area contributed by atoms with E-state index in [0.29, 0.717) is 17.6 Å². The van der Waals surface area contributed by atoms with Crippen LogP contribution in [0.5, 0.6) is 0 Å².